The van der Waals surface area contributed by atoms with E-state index in [0.717, 1.165) is 22.8 Å². The minimum Gasteiger partial charge on any atom is -0.381 e. The Balaban J connectivity index is 2.03. The van der Waals surface area contributed by atoms with Crippen LogP contribution in [0.3, 0.4) is 0 Å². The molecule has 5 heteroatoms. The van der Waals surface area contributed by atoms with Crippen LogP contribution < -0.4 is 10.6 Å². The van der Waals surface area contributed by atoms with Crippen molar-refractivity contribution in [1.82, 2.24) is 10.2 Å². The molecule has 0 aliphatic rings. The Morgan fingerprint density at radius 1 is 1.29 bits per heavy atom. The maximum atomic E-state index is 11.7. The number of nitrogens with zero attached hydrogens (tertiary/aromatic N) is 1. The molecule has 1 aromatic carbocycles. The fraction of sp³-hybridized carbons (Fsp3) is 0.375. The Morgan fingerprint density at radius 3 is 2.62 bits per heavy atom. The van der Waals surface area contributed by atoms with E-state index in [2.05, 4.69) is 20.8 Å². The van der Waals surface area contributed by atoms with E-state index in [-0.39, 0.29) is 11.8 Å². The van der Waals surface area contributed by atoms with Crippen molar-refractivity contribution in [2.75, 3.05) is 10.6 Å². The van der Waals surface area contributed by atoms with Crippen LogP contribution in [0.4, 0.5) is 11.4 Å². The Bertz CT molecular complexity index is 611. The van der Waals surface area contributed by atoms with Gasteiger partial charge in [0.05, 0.1) is 5.69 Å². The van der Waals surface area contributed by atoms with Gasteiger partial charge < -0.3 is 10.6 Å². The van der Waals surface area contributed by atoms with Crippen molar-refractivity contribution in [3.05, 3.63) is 41.2 Å². The summed E-state index contributed by atoms with van der Waals surface area (Å²) in [6, 6.07) is 7.73. The summed E-state index contributed by atoms with van der Waals surface area (Å²) in [6.45, 7) is 8.45. The Morgan fingerprint density at radius 2 is 2.00 bits per heavy atom. The van der Waals surface area contributed by atoms with Crippen LogP contribution in [-0.2, 0) is 11.3 Å². The third kappa shape index (κ3) is 3.84. The van der Waals surface area contributed by atoms with Gasteiger partial charge in [0.25, 0.3) is 0 Å². The minimum absolute atomic E-state index is 0.0219. The van der Waals surface area contributed by atoms with Gasteiger partial charge in [0.2, 0.25) is 5.91 Å². The van der Waals surface area contributed by atoms with Crippen LogP contribution >= 0.6 is 0 Å². The number of anilines is 2. The lowest BCUT2D eigenvalue weighted by Gasteiger charge is -2.11. The molecule has 21 heavy (non-hydrogen) atoms. The second kappa shape index (κ2) is 6.43. The third-order valence-corrected chi connectivity index (χ3v) is 3.40. The van der Waals surface area contributed by atoms with E-state index in [0.29, 0.717) is 6.54 Å². The first kappa shape index (κ1) is 15.1. The standard InChI is InChI=1S/C16H22N4O/c1-10(2)16(21)18-14-7-5-6-13(8-14)17-9-15-11(3)19-20-12(15)4/h5-8,10,17H,9H2,1-4H3,(H,18,21)(H,19,20). The summed E-state index contributed by atoms with van der Waals surface area (Å²) in [4.78, 5) is 11.7. The Hall–Kier alpha value is -2.30. The number of aromatic nitrogens is 2. The predicted molar refractivity (Wildman–Crippen MR) is 85.3 cm³/mol. The predicted octanol–water partition coefficient (Wildman–Crippen LogP) is 3.23. The molecule has 0 saturated heterocycles. The Labute approximate surface area is 125 Å². The summed E-state index contributed by atoms with van der Waals surface area (Å²) < 4.78 is 0. The number of hydrogen-bond acceptors (Lipinski definition) is 3. The number of carbonyl (C=O) groups is 1. The molecule has 2 aromatic rings. The van der Waals surface area contributed by atoms with Crippen molar-refractivity contribution >= 4 is 17.3 Å². The van der Waals surface area contributed by atoms with Gasteiger partial charge in [-0.1, -0.05) is 19.9 Å². The maximum absolute atomic E-state index is 11.7. The number of benzene rings is 1. The van der Waals surface area contributed by atoms with Crippen molar-refractivity contribution < 1.29 is 4.79 Å². The van der Waals surface area contributed by atoms with Crippen LogP contribution in [0.15, 0.2) is 24.3 Å². The molecule has 5 nitrogen and oxygen atoms in total. The molecule has 0 fully saturated rings. The number of nitrogens with one attached hydrogen (secondary N) is 3. The van der Waals surface area contributed by atoms with E-state index in [1.165, 1.54) is 5.56 Å². The van der Waals surface area contributed by atoms with Gasteiger partial charge >= 0.3 is 0 Å². The minimum atomic E-state index is -0.0298. The zero-order valence-corrected chi connectivity index (χ0v) is 12.9. The van der Waals surface area contributed by atoms with Gasteiger partial charge in [0.1, 0.15) is 0 Å². The largest absolute Gasteiger partial charge is 0.381 e. The first-order valence-electron chi connectivity index (χ1n) is 7.12. The van der Waals surface area contributed by atoms with Gasteiger partial charge in [-0.05, 0) is 32.0 Å². The highest BCUT2D eigenvalue weighted by atomic mass is 16.1. The summed E-state index contributed by atoms with van der Waals surface area (Å²) in [5.74, 6) is -0.00785. The first-order chi connectivity index (χ1) is 9.97. The molecular formula is C16H22N4O. The summed E-state index contributed by atoms with van der Waals surface area (Å²) in [6.07, 6.45) is 0. The van der Waals surface area contributed by atoms with Crippen molar-refractivity contribution in [2.24, 2.45) is 5.92 Å². The maximum Gasteiger partial charge on any atom is 0.226 e. The molecule has 0 atom stereocenters. The second-order valence-electron chi connectivity index (χ2n) is 5.49. The van der Waals surface area contributed by atoms with E-state index in [4.69, 9.17) is 0 Å². The summed E-state index contributed by atoms with van der Waals surface area (Å²) in [5, 5.41) is 13.4. The SMILES string of the molecule is Cc1n[nH]c(C)c1CNc1cccc(NC(=O)C(C)C)c1. The van der Waals surface area contributed by atoms with Gasteiger partial charge in [-0.25, -0.2) is 0 Å². The number of hydrogen-bond donors (Lipinski definition) is 3. The van der Waals surface area contributed by atoms with Crippen LogP contribution in [0.1, 0.15) is 30.8 Å². The second-order valence-corrected chi connectivity index (χ2v) is 5.49. The quantitative estimate of drug-likeness (QED) is 0.790. The van der Waals surface area contributed by atoms with Crippen LogP contribution in [0.2, 0.25) is 0 Å². The fourth-order valence-corrected chi connectivity index (χ4v) is 2.02. The molecule has 0 unspecified atom stereocenters. The van der Waals surface area contributed by atoms with Crippen molar-refractivity contribution in [3.63, 3.8) is 0 Å². The molecule has 0 aliphatic carbocycles. The summed E-state index contributed by atoms with van der Waals surface area (Å²) >= 11 is 0. The highest BCUT2D eigenvalue weighted by Crippen LogP contribution is 2.18. The molecule has 1 aromatic heterocycles. The molecule has 0 spiro atoms. The number of carbonyl (C=O) groups excluding carboxylic acids is 1. The molecule has 0 bridgehead atoms. The summed E-state index contributed by atoms with van der Waals surface area (Å²) in [7, 11) is 0. The average Bonchev–Trinajstić information content (AvgIpc) is 2.76. The van der Waals surface area contributed by atoms with Gasteiger partial charge in [0.15, 0.2) is 0 Å². The van der Waals surface area contributed by atoms with Crippen molar-refractivity contribution in [3.8, 4) is 0 Å². The highest BCUT2D eigenvalue weighted by Gasteiger charge is 2.08. The normalized spacial score (nSPS) is 10.7. The van der Waals surface area contributed by atoms with Crippen molar-refractivity contribution in [1.29, 1.82) is 0 Å². The number of amides is 1. The Kier molecular flexibility index (Phi) is 4.62. The lowest BCUT2D eigenvalue weighted by atomic mass is 10.2. The van der Waals surface area contributed by atoms with E-state index >= 15 is 0 Å². The number of aryl methyl sites for hydroxylation is 2. The van der Waals surface area contributed by atoms with E-state index in [1.54, 1.807) is 0 Å². The topological polar surface area (TPSA) is 69.8 Å². The smallest absolute Gasteiger partial charge is 0.226 e. The zero-order valence-electron chi connectivity index (χ0n) is 12.9. The van der Waals surface area contributed by atoms with E-state index in [9.17, 15) is 4.79 Å². The van der Waals surface area contributed by atoms with Gasteiger partial charge in [-0.3, -0.25) is 9.89 Å². The van der Waals surface area contributed by atoms with Gasteiger partial charge in [-0.2, -0.15) is 5.10 Å². The zero-order chi connectivity index (χ0) is 15.4. The van der Waals surface area contributed by atoms with E-state index < -0.39 is 0 Å². The van der Waals surface area contributed by atoms with Crippen LogP contribution in [0.5, 0.6) is 0 Å². The van der Waals surface area contributed by atoms with Crippen molar-refractivity contribution in [2.45, 2.75) is 34.2 Å². The summed E-state index contributed by atoms with van der Waals surface area (Å²) in [5.41, 5.74) is 5.02. The highest BCUT2D eigenvalue weighted by molar-refractivity contribution is 5.92. The van der Waals surface area contributed by atoms with Crippen LogP contribution in [0.25, 0.3) is 0 Å². The lowest BCUT2D eigenvalue weighted by molar-refractivity contribution is -0.118. The molecule has 0 radical (unpaired) electrons. The molecule has 3 N–H and O–H groups in total. The first-order valence-corrected chi connectivity index (χ1v) is 7.12. The third-order valence-electron chi connectivity index (χ3n) is 3.40. The molecule has 1 heterocycles. The number of aromatic amines is 1. The number of H-pyrrole nitrogens is 1. The fourth-order valence-electron chi connectivity index (χ4n) is 2.02. The van der Waals surface area contributed by atoms with E-state index in [1.807, 2.05) is 52.0 Å². The molecule has 2 rings (SSSR count). The number of rotatable bonds is 5. The van der Waals surface area contributed by atoms with Gasteiger partial charge in [-0.15, -0.1) is 0 Å². The molecule has 112 valence electrons. The van der Waals surface area contributed by atoms with Gasteiger partial charge in [0, 0.05) is 35.1 Å². The molecule has 0 aliphatic heterocycles. The lowest BCUT2D eigenvalue weighted by Crippen LogP contribution is -2.17. The van der Waals surface area contributed by atoms with Crippen LogP contribution in [0, 0.1) is 19.8 Å². The molecule has 1 amide bonds. The molecular weight excluding hydrogens is 264 g/mol. The average molecular weight is 286 g/mol. The monoisotopic (exact) mass is 286 g/mol. The van der Waals surface area contributed by atoms with Crippen LogP contribution in [-0.4, -0.2) is 16.1 Å². The molecule has 0 saturated carbocycles.